The summed E-state index contributed by atoms with van der Waals surface area (Å²) in [5, 5.41) is 8.96. The first-order chi connectivity index (χ1) is 6.29. The zero-order chi connectivity index (χ0) is 9.52. The smallest absolute Gasteiger partial charge is 0.0692 e. The molecule has 0 saturated heterocycles. The van der Waals surface area contributed by atoms with E-state index in [1.54, 1.807) is 6.92 Å². The molecule has 1 heteroatoms. The van der Waals surface area contributed by atoms with Crippen LogP contribution in [0.1, 0.15) is 18.9 Å². The first-order valence-corrected chi connectivity index (χ1v) is 4.67. The molecular weight excluding hydrogens is 160 g/mol. The van der Waals surface area contributed by atoms with Crippen LogP contribution in [0.25, 0.3) is 0 Å². The van der Waals surface area contributed by atoms with Crippen molar-refractivity contribution in [2.75, 3.05) is 0 Å². The first-order valence-electron chi connectivity index (χ1n) is 4.67. The molecule has 1 nitrogen and oxygen atoms in total. The third kappa shape index (κ3) is 4.48. The molecule has 0 aliphatic rings. The van der Waals surface area contributed by atoms with Crippen molar-refractivity contribution < 1.29 is 5.11 Å². The van der Waals surface area contributed by atoms with Crippen LogP contribution in [0.4, 0.5) is 0 Å². The molecule has 0 heterocycles. The minimum absolute atomic E-state index is 0.323. The maximum absolute atomic E-state index is 8.96. The van der Waals surface area contributed by atoms with Crippen LogP contribution >= 0.6 is 0 Å². The summed E-state index contributed by atoms with van der Waals surface area (Å²) in [6.07, 6.45) is 5.57. The van der Waals surface area contributed by atoms with E-state index in [0.29, 0.717) is 0 Å². The summed E-state index contributed by atoms with van der Waals surface area (Å²) in [5.74, 6) is 0. The van der Waals surface area contributed by atoms with Gasteiger partial charge in [-0.3, -0.25) is 0 Å². The van der Waals surface area contributed by atoms with Crippen LogP contribution in [0.2, 0.25) is 0 Å². The van der Waals surface area contributed by atoms with Crippen LogP contribution in [-0.4, -0.2) is 11.2 Å². The monoisotopic (exact) mass is 176 g/mol. The number of rotatable bonds is 4. The zero-order valence-corrected chi connectivity index (χ0v) is 7.98. The van der Waals surface area contributed by atoms with Gasteiger partial charge in [0.05, 0.1) is 6.10 Å². The van der Waals surface area contributed by atoms with Gasteiger partial charge >= 0.3 is 0 Å². The van der Waals surface area contributed by atoms with Crippen molar-refractivity contribution in [3.05, 3.63) is 48.0 Å². The topological polar surface area (TPSA) is 20.2 Å². The number of aryl methyl sites for hydroxylation is 1. The van der Waals surface area contributed by atoms with Gasteiger partial charge < -0.3 is 5.11 Å². The van der Waals surface area contributed by atoms with Crippen molar-refractivity contribution >= 4 is 0 Å². The van der Waals surface area contributed by atoms with E-state index in [1.165, 1.54) is 5.56 Å². The average Bonchev–Trinajstić information content (AvgIpc) is 2.14. The Morgan fingerprint density at radius 2 is 2.00 bits per heavy atom. The highest BCUT2D eigenvalue weighted by atomic mass is 16.3. The molecule has 0 aliphatic heterocycles. The summed E-state index contributed by atoms with van der Waals surface area (Å²) >= 11 is 0. The van der Waals surface area contributed by atoms with E-state index < -0.39 is 0 Å². The summed E-state index contributed by atoms with van der Waals surface area (Å²) in [4.78, 5) is 0. The average molecular weight is 176 g/mol. The molecule has 0 aliphatic carbocycles. The Hall–Kier alpha value is -1.08. The summed E-state index contributed by atoms with van der Waals surface area (Å²) in [7, 11) is 0. The number of hydrogen-bond donors (Lipinski definition) is 1. The van der Waals surface area contributed by atoms with Crippen molar-refractivity contribution in [2.45, 2.75) is 25.9 Å². The first kappa shape index (κ1) is 10.0. The van der Waals surface area contributed by atoms with Gasteiger partial charge in [0.2, 0.25) is 0 Å². The Bertz CT molecular complexity index is 249. The minimum atomic E-state index is -0.323. The molecule has 0 unspecified atom stereocenters. The van der Waals surface area contributed by atoms with E-state index in [-0.39, 0.29) is 6.10 Å². The lowest BCUT2D eigenvalue weighted by Gasteiger charge is -1.97. The van der Waals surface area contributed by atoms with Gasteiger partial charge in [0, 0.05) is 0 Å². The standard InChI is InChI=1S/C12H16O/c1-11(13)7-5-6-10-12-8-3-2-4-9-12/h2-5,7-9,11,13H,6,10H2,1H3/b7-5+/t11-/m1/s1. The second kappa shape index (κ2) is 5.55. The molecule has 1 rings (SSSR count). The SMILES string of the molecule is C[C@@H](O)/C=C/CCc1ccccc1. The molecule has 13 heavy (non-hydrogen) atoms. The van der Waals surface area contributed by atoms with Gasteiger partial charge in [0.25, 0.3) is 0 Å². The lowest BCUT2D eigenvalue weighted by atomic mass is 10.1. The second-order valence-corrected chi connectivity index (χ2v) is 3.19. The van der Waals surface area contributed by atoms with Gasteiger partial charge in [-0.15, -0.1) is 0 Å². The molecule has 0 radical (unpaired) electrons. The normalized spacial score (nSPS) is 13.4. The van der Waals surface area contributed by atoms with Crippen molar-refractivity contribution in [3.63, 3.8) is 0 Å². The molecule has 1 atom stereocenters. The number of hydrogen-bond acceptors (Lipinski definition) is 1. The zero-order valence-electron chi connectivity index (χ0n) is 7.98. The predicted molar refractivity (Wildman–Crippen MR) is 55.6 cm³/mol. The highest BCUT2D eigenvalue weighted by Crippen LogP contribution is 2.02. The molecule has 0 bridgehead atoms. The quantitative estimate of drug-likeness (QED) is 0.699. The molecule has 0 spiro atoms. The van der Waals surface area contributed by atoms with Crippen molar-refractivity contribution in [1.29, 1.82) is 0 Å². The Morgan fingerprint density at radius 3 is 2.62 bits per heavy atom. The van der Waals surface area contributed by atoms with Crippen LogP contribution < -0.4 is 0 Å². The fraction of sp³-hybridized carbons (Fsp3) is 0.333. The second-order valence-electron chi connectivity index (χ2n) is 3.19. The fourth-order valence-electron chi connectivity index (χ4n) is 1.19. The molecule has 1 aromatic rings. The third-order valence-electron chi connectivity index (χ3n) is 1.86. The van der Waals surface area contributed by atoms with E-state index in [9.17, 15) is 0 Å². The fourth-order valence-corrected chi connectivity index (χ4v) is 1.19. The molecule has 1 N–H and O–H groups in total. The van der Waals surface area contributed by atoms with E-state index in [0.717, 1.165) is 12.8 Å². The molecular formula is C12H16O. The molecule has 0 amide bonds. The maximum atomic E-state index is 8.96. The van der Waals surface area contributed by atoms with Crippen molar-refractivity contribution in [1.82, 2.24) is 0 Å². The maximum Gasteiger partial charge on any atom is 0.0692 e. The van der Waals surface area contributed by atoms with Gasteiger partial charge in [0.15, 0.2) is 0 Å². The van der Waals surface area contributed by atoms with E-state index in [2.05, 4.69) is 12.1 Å². The molecule has 70 valence electrons. The molecule has 0 aromatic heterocycles. The van der Waals surface area contributed by atoms with Gasteiger partial charge in [0.1, 0.15) is 0 Å². The Kier molecular flexibility index (Phi) is 4.27. The van der Waals surface area contributed by atoms with Crippen LogP contribution in [0.5, 0.6) is 0 Å². The third-order valence-corrected chi connectivity index (χ3v) is 1.86. The minimum Gasteiger partial charge on any atom is -0.389 e. The molecule has 0 fully saturated rings. The predicted octanol–water partition coefficient (Wildman–Crippen LogP) is 2.56. The summed E-state index contributed by atoms with van der Waals surface area (Å²) < 4.78 is 0. The number of allylic oxidation sites excluding steroid dienone is 1. The Balaban J connectivity index is 2.28. The highest BCUT2D eigenvalue weighted by Gasteiger charge is 1.89. The summed E-state index contributed by atoms with van der Waals surface area (Å²) in [5.41, 5.74) is 1.35. The van der Waals surface area contributed by atoms with Gasteiger partial charge in [-0.05, 0) is 25.3 Å². The lowest BCUT2D eigenvalue weighted by Crippen LogP contribution is -1.91. The molecule has 0 saturated carbocycles. The van der Waals surface area contributed by atoms with Crippen LogP contribution in [0.15, 0.2) is 42.5 Å². The lowest BCUT2D eigenvalue weighted by molar-refractivity contribution is 0.244. The van der Waals surface area contributed by atoms with E-state index >= 15 is 0 Å². The van der Waals surface area contributed by atoms with Crippen LogP contribution in [0, 0.1) is 0 Å². The van der Waals surface area contributed by atoms with E-state index in [1.807, 2.05) is 30.4 Å². The molecule has 1 aromatic carbocycles. The largest absolute Gasteiger partial charge is 0.389 e. The van der Waals surface area contributed by atoms with Gasteiger partial charge in [-0.25, -0.2) is 0 Å². The van der Waals surface area contributed by atoms with Gasteiger partial charge in [-0.2, -0.15) is 0 Å². The van der Waals surface area contributed by atoms with Crippen LogP contribution in [0.3, 0.4) is 0 Å². The van der Waals surface area contributed by atoms with Crippen molar-refractivity contribution in [2.24, 2.45) is 0 Å². The van der Waals surface area contributed by atoms with Crippen LogP contribution in [-0.2, 0) is 6.42 Å². The summed E-state index contributed by atoms with van der Waals surface area (Å²) in [6.45, 7) is 1.76. The number of aliphatic hydroxyl groups is 1. The highest BCUT2D eigenvalue weighted by molar-refractivity contribution is 5.15. The van der Waals surface area contributed by atoms with Crippen molar-refractivity contribution in [3.8, 4) is 0 Å². The summed E-state index contributed by atoms with van der Waals surface area (Å²) in [6, 6.07) is 10.4. The number of benzene rings is 1. The van der Waals surface area contributed by atoms with E-state index in [4.69, 9.17) is 5.11 Å². The Labute approximate surface area is 79.7 Å². The Morgan fingerprint density at radius 1 is 1.31 bits per heavy atom. The number of aliphatic hydroxyl groups excluding tert-OH is 1. The van der Waals surface area contributed by atoms with Gasteiger partial charge in [-0.1, -0.05) is 42.5 Å².